The van der Waals surface area contributed by atoms with Crippen molar-refractivity contribution >= 4 is 21.4 Å². The molecular formula is C14H11N3O4S. The van der Waals surface area contributed by atoms with E-state index in [-0.39, 0.29) is 11.7 Å². The highest BCUT2D eigenvalue weighted by Crippen LogP contribution is 2.34. The van der Waals surface area contributed by atoms with Crippen molar-refractivity contribution in [1.82, 2.24) is 9.38 Å². The third kappa shape index (κ3) is 2.13. The maximum absolute atomic E-state index is 12.4. The Balaban J connectivity index is 1.68. The van der Waals surface area contributed by atoms with Crippen LogP contribution in [0.25, 0.3) is 5.65 Å². The van der Waals surface area contributed by atoms with Crippen LogP contribution in [0.4, 0.5) is 5.69 Å². The molecule has 2 aromatic heterocycles. The van der Waals surface area contributed by atoms with E-state index < -0.39 is 10.0 Å². The molecule has 0 atom stereocenters. The molecule has 7 nitrogen and oxygen atoms in total. The fraction of sp³-hybridized carbons (Fsp3) is 0.0714. The van der Waals surface area contributed by atoms with Gasteiger partial charge in [0, 0.05) is 24.7 Å². The van der Waals surface area contributed by atoms with Gasteiger partial charge >= 0.3 is 0 Å². The van der Waals surface area contributed by atoms with Gasteiger partial charge in [-0.1, -0.05) is 0 Å². The van der Waals surface area contributed by atoms with E-state index in [4.69, 9.17) is 9.47 Å². The lowest BCUT2D eigenvalue weighted by atomic mass is 10.3. The molecule has 0 saturated carbocycles. The Bertz CT molecular complexity index is 965. The number of hydrogen-bond acceptors (Lipinski definition) is 5. The van der Waals surface area contributed by atoms with Crippen molar-refractivity contribution in [3.63, 3.8) is 0 Å². The van der Waals surface area contributed by atoms with Gasteiger partial charge in [-0.05, 0) is 24.3 Å². The topological polar surface area (TPSA) is 81.9 Å². The number of sulfonamides is 1. The van der Waals surface area contributed by atoms with Crippen molar-refractivity contribution < 1.29 is 17.9 Å². The van der Waals surface area contributed by atoms with Crippen LogP contribution in [0.3, 0.4) is 0 Å². The Morgan fingerprint density at radius 2 is 2.00 bits per heavy atom. The first-order chi connectivity index (χ1) is 10.6. The minimum absolute atomic E-state index is 0.101. The minimum Gasteiger partial charge on any atom is -0.454 e. The predicted molar refractivity (Wildman–Crippen MR) is 78.6 cm³/mol. The SMILES string of the molecule is O=S(=O)(Nc1ccc2nccn2c1)c1ccc2c(c1)OCO2. The van der Waals surface area contributed by atoms with E-state index in [9.17, 15) is 8.42 Å². The summed E-state index contributed by atoms with van der Waals surface area (Å²) in [5.41, 5.74) is 1.19. The summed E-state index contributed by atoms with van der Waals surface area (Å²) in [6.45, 7) is 0.101. The van der Waals surface area contributed by atoms with Crippen molar-refractivity contribution in [1.29, 1.82) is 0 Å². The van der Waals surface area contributed by atoms with Gasteiger partial charge in [-0.25, -0.2) is 13.4 Å². The number of benzene rings is 1. The molecule has 0 amide bonds. The van der Waals surface area contributed by atoms with E-state index in [1.807, 2.05) is 0 Å². The van der Waals surface area contributed by atoms with E-state index in [1.54, 1.807) is 41.2 Å². The summed E-state index contributed by atoms with van der Waals surface area (Å²) in [7, 11) is -3.71. The van der Waals surface area contributed by atoms with E-state index >= 15 is 0 Å². The summed E-state index contributed by atoms with van der Waals surface area (Å²) in [6, 6.07) is 7.90. The van der Waals surface area contributed by atoms with Crippen LogP contribution in [0.5, 0.6) is 11.5 Å². The molecule has 0 saturated heterocycles. The van der Waals surface area contributed by atoms with Crippen molar-refractivity contribution in [2.75, 3.05) is 11.5 Å². The number of pyridine rings is 1. The van der Waals surface area contributed by atoms with Gasteiger partial charge in [0.25, 0.3) is 10.0 Å². The van der Waals surface area contributed by atoms with Gasteiger partial charge in [-0.3, -0.25) is 4.72 Å². The maximum atomic E-state index is 12.4. The number of fused-ring (bicyclic) bond motifs is 2. The number of rotatable bonds is 3. The summed E-state index contributed by atoms with van der Waals surface area (Å²) >= 11 is 0. The van der Waals surface area contributed by atoms with E-state index in [0.717, 1.165) is 5.65 Å². The monoisotopic (exact) mass is 317 g/mol. The van der Waals surface area contributed by atoms with Crippen molar-refractivity contribution in [2.24, 2.45) is 0 Å². The first-order valence-corrected chi connectivity index (χ1v) is 7.95. The highest BCUT2D eigenvalue weighted by molar-refractivity contribution is 7.92. The molecule has 0 radical (unpaired) electrons. The highest BCUT2D eigenvalue weighted by Gasteiger charge is 2.20. The quantitative estimate of drug-likeness (QED) is 0.797. The lowest BCUT2D eigenvalue weighted by Crippen LogP contribution is -2.13. The number of hydrogen-bond donors (Lipinski definition) is 1. The zero-order chi connectivity index (χ0) is 15.2. The van der Waals surface area contributed by atoms with Crippen LogP contribution >= 0.6 is 0 Å². The second-order valence-electron chi connectivity index (χ2n) is 4.73. The zero-order valence-electron chi connectivity index (χ0n) is 11.3. The highest BCUT2D eigenvalue weighted by atomic mass is 32.2. The summed E-state index contributed by atoms with van der Waals surface area (Å²) in [4.78, 5) is 4.22. The minimum atomic E-state index is -3.71. The van der Waals surface area contributed by atoms with Crippen molar-refractivity contribution in [2.45, 2.75) is 4.90 Å². The molecule has 0 unspecified atom stereocenters. The normalized spacial score (nSPS) is 13.5. The largest absolute Gasteiger partial charge is 0.454 e. The van der Waals surface area contributed by atoms with E-state index in [2.05, 4.69) is 9.71 Å². The molecule has 0 fully saturated rings. The average molecular weight is 317 g/mol. The molecule has 4 rings (SSSR count). The Hall–Kier alpha value is -2.74. The molecule has 0 bridgehead atoms. The molecule has 112 valence electrons. The third-order valence-electron chi connectivity index (χ3n) is 3.30. The van der Waals surface area contributed by atoms with Crippen LogP contribution in [-0.2, 0) is 10.0 Å². The maximum Gasteiger partial charge on any atom is 0.262 e. The standard InChI is InChI=1S/C14H11N3O4S/c18-22(19,11-2-3-12-13(7-11)21-9-20-12)16-10-1-4-14-15-5-6-17(14)8-10/h1-8,16H,9H2. The molecule has 1 aliphatic rings. The zero-order valence-corrected chi connectivity index (χ0v) is 12.1. The van der Waals surface area contributed by atoms with Gasteiger partial charge in [0.15, 0.2) is 11.5 Å². The molecule has 8 heteroatoms. The second kappa shape index (κ2) is 4.63. The van der Waals surface area contributed by atoms with Crippen LogP contribution in [0.1, 0.15) is 0 Å². The van der Waals surface area contributed by atoms with Crippen LogP contribution < -0.4 is 14.2 Å². The number of nitrogens with zero attached hydrogens (tertiary/aromatic N) is 2. The Morgan fingerprint density at radius 3 is 2.91 bits per heavy atom. The molecule has 1 N–H and O–H groups in total. The molecule has 3 heterocycles. The first-order valence-electron chi connectivity index (χ1n) is 6.47. The number of imidazole rings is 1. The fourth-order valence-electron chi connectivity index (χ4n) is 2.24. The van der Waals surface area contributed by atoms with Crippen LogP contribution in [0.15, 0.2) is 53.8 Å². The second-order valence-corrected chi connectivity index (χ2v) is 6.41. The Morgan fingerprint density at radius 1 is 1.14 bits per heavy atom. The smallest absolute Gasteiger partial charge is 0.262 e. The fourth-order valence-corrected chi connectivity index (χ4v) is 3.30. The van der Waals surface area contributed by atoms with Gasteiger partial charge in [-0.2, -0.15) is 0 Å². The summed E-state index contributed by atoms with van der Waals surface area (Å²) < 4.78 is 39.5. The molecule has 3 aromatic rings. The molecule has 1 aliphatic heterocycles. The summed E-state index contributed by atoms with van der Waals surface area (Å²) in [5.74, 6) is 0.965. The number of aromatic nitrogens is 2. The van der Waals surface area contributed by atoms with Gasteiger partial charge < -0.3 is 13.9 Å². The lowest BCUT2D eigenvalue weighted by Gasteiger charge is -2.09. The predicted octanol–water partition coefficient (Wildman–Crippen LogP) is 1.86. The number of ether oxygens (including phenoxy) is 2. The van der Waals surface area contributed by atoms with Crippen LogP contribution in [0, 0.1) is 0 Å². The van der Waals surface area contributed by atoms with E-state index in [1.165, 1.54) is 12.1 Å². The van der Waals surface area contributed by atoms with Gasteiger partial charge in [0.2, 0.25) is 6.79 Å². The number of nitrogens with one attached hydrogen (secondary N) is 1. The van der Waals surface area contributed by atoms with Gasteiger partial charge in [0.1, 0.15) is 5.65 Å². The number of anilines is 1. The summed E-state index contributed by atoms with van der Waals surface area (Å²) in [5, 5.41) is 0. The molecular weight excluding hydrogens is 306 g/mol. The van der Waals surface area contributed by atoms with Crippen molar-refractivity contribution in [3.05, 3.63) is 48.9 Å². The first kappa shape index (κ1) is 13.0. The van der Waals surface area contributed by atoms with E-state index in [0.29, 0.717) is 17.2 Å². The van der Waals surface area contributed by atoms with Crippen molar-refractivity contribution in [3.8, 4) is 11.5 Å². The van der Waals surface area contributed by atoms with Gasteiger partial charge in [0.05, 0.1) is 10.6 Å². The summed E-state index contributed by atoms with van der Waals surface area (Å²) in [6.07, 6.45) is 5.05. The Labute approximate surface area is 126 Å². The van der Waals surface area contributed by atoms with Crippen LogP contribution in [0.2, 0.25) is 0 Å². The third-order valence-corrected chi connectivity index (χ3v) is 4.67. The van der Waals surface area contributed by atoms with Crippen LogP contribution in [-0.4, -0.2) is 24.6 Å². The molecule has 22 heavy (non-hydrogen) atoms. The lowest BCUT2D eigenvalue weighted by molar-refractivity contribution is 0.174. The molecule has 0 spiro atoms. The Kier molecular flexibility index (Phi) is 2.73. The molecule has 1 aromatic carbocycles. The van der Waals surface area contributed by atoms with Gasteiger partial charge in [-0.15, -0.1) is 0 Å². The average Bonchev–Trinajstić information content (AvgIpc) is 3.14. The molecule has 0 aliphatic carbocycles.